The number of carbonyl (C=O) groups excluding carboxylic acids is 2. The number of primary amides is 1. The third-order valence-corrected chi connectivity index (χ3v) is 3.41. The first-order valence-electron chi connectivity index (χ1n) is 5.07. The lowest BCUT2D eigenvalue weighted by molar-refractivity contribution is -0.122. The molecule has 7 heteroatoms. The number of hydrogen-bond donors (Lipinski definition) is 4. The van der Waals surface area contributed by atoms with Crippen molar-refractivity contribution in [1.82, 2.24) is 5.32 Å². The highest BCUT2D eigenvalue weighted by Crippen LogP contribution is 2.26. The van der Waals surface area contributed by atoms with Crippen LogP contribution < -0.4 is 22.5 Å². The molecule has 0 aliphatic carbocycles. The Morgan fingerprint density at radius 2 is 1.56 bits per heavy atom. The van der Waals surface area contributed by atoms with Gasteiger partial charge in [-0.3, -0.25) is 10.1 Å². The van der Waals surface area contributed by atoms with E-state index in [-0.39, 0.29) is 5.91 Å². The Bertz CT molecular complexity index is 218. The summed E-state index contributed by atoms with van der Waals surface area (Å²) in [6, 6.07) is -0.814. The number of imide groups is 1. The zero-order valence-electron chi connectivity index (χ0n) is 9.75. The van der Waals surface area contributed by atoms with Gasteiger partial charge in [0.15, 0.2) is 0 Å². The van der Waals surface area contributed by atoms with Crippen molar-refractivity contribution < 1.29 is 9.59 Å². The molecule has 0 aliphatic rings. The first kappa shape index (κ1) is 17.7. The maximum Gasteiger partial charge on any atom is 0.318 e. The fourth-order valence-corrected chi connectivity index (χ4v) is 0.894. The molecule has 0 saturated heterocycles. The number of urea groups is 1. The second-order valence-electron chi connectivity index (χ2n) is 3.07. The predicted octanol–water partition coefficient (Wildman–Crippen LogP) is 0.0388. The number of carbonyl (C=O) groups is 2. The largest absolute Gasteiger partial charge is 0.351 e. The number of nitrogens with two attached hydrogens (primary N) is 3. The molecule has 16 heavy (non-hydrogen) atoms. The van der Waals surface area contributed by atoms with Gasteiger partial charge in [0.2, 0.25) is 5.91 Å². The quantitative estimate of drug-likeness (QED) is 0.547. The van der Waals surface area contributed by atoms with Gasteiger partial charge in [0, 0.05) is 13.1 Å². The van der Waals surface area contributed by atoms with Crippen LogP contribution in [0.2, 0.25) is 0 Å². The molecule has 0 atom stereocenters. The van der Waals surface area contributed by atoms with Gasteiger partial charge in [-0.2, -0.15) is 0 Å². The normalized spacial score (nSPS) is 10.1. The second-order valence-corrected chi connectivity index (χ2v) is 4.59. The van der Waals surface area contributed by atoms with E-state index in [1.807, 2.05) is 19.2 Å². The van der Waals surface area contributed by atoms with Crippen molar-refractivity contribution in [3.63, 3.8) is 0 Å². The number of rotatable bonds is 4. The van der Waals surface area contributed by atoms with E-state index in [0.29, 0.717) is 25.9 Å². The van der Waals surface area contributed by atoms with Crippen LogP contribution in [0.1, 0.15) is 26.7 Å². The molecular weight excluding hydrogens is 276 g/mol. The van der Waals surface area contributed by atoms with Crippen molar-refractivity contribution in [2.24, 2.45) is 17.2 Å². The summed E-state index contributed by atoms with van der Waals surface area (Å²) in [5, 5.41) is 2.04. The molecule has 0 saturated carbocycles. The summed E-state index contributed by atoms with van der Waals surface area (Å²) in [6.45, 7) is 4.91. The molecule has 0 bridgehead atoms. The number of halogens is 1. The Balaban J connectivity index is 0. The highest BCUT2D eigenvalue weighted by atomic mass is 79.9. The number of nitrogens with one attached hydrogen (secondary N) is 1. The molecule has 0 aromatic carbocycles. The Morgan fingerprint density at radius 1 is 1.19 bits per heavy atom. The standard InChI is InChI=1S/C7H13BrN2O2.C2H8N2/c1-3-7(8,4-2)5(11)10-6(9)12;3-1-2-4/h3-4H2,1-2H3,(H3,9,10,11,12);1-4H2. The molecule has 7 N–H and O–H groups in total. The first-order valence-corrected chi connectivity index (χ1v) is 5.87. The van der Waals surface area contributed by atoms with Crippen LogP contribution >= 0.6 is 15.9 Å². The van der Waals surface area contributed by atoms with Gasteiger partial charge in [0.1, 0.15) is 4.32 Å². The molecular formula is C9H21BrN4O2. The van der Waals surface area contributed by atoms with Crippen LogP contribution in [-0.2, 0) is 4.79 Å². The molecule has 0 rings (SSSR count). The molecule has 6 nitrogen and oxygen atoms in total. The van der Waals surface area contributed by atoms with Crippen molar-refractivity contribution in [2.45, 2.75) is 31.0 Å². The first-order chi connectivity index (χ1) is 7.37. The van der Waals surface area contributed by atoms with Gasteiger partial charge >= 0.3 is 6.03 Å². The SMILES string of the molecule is CCC(Br)(CC)C(=O)NC(N)=O.NCCN. The van der Waals surface area contributed by atoms with Crippen molar-refractivity contribution in [3.05, 3.63) is 0 Å². The topological polar surface area (TPSA) is 124 Å². The summed E-state index contributed by atoms with van der Waals surface area (Å²) in [7, 11) is 0. The lowest BCUT2D eigenvalue weighted by Crippen LogP contribution is -2.46. The van der Waals surface area contributed by atoms with Crippen LogP contribution in [0, 0.1) is 0 Å². The maximum atomic E-state index is 11.3. The van der Waals surface area contributed by atoms with Gasteiger partial charge in [-0.25, -0.2) is 4.79 Å². The smallest absolute Gasteiger partial charge is 0.318 e. The van der Waals surface area contributed by atoms with E-state index in [1.54, 1.807) is 0 Å². The van der Waals surface area contributed by atoms with Gasteiger partial charge in [0.05, 0.1) is 0 Å². The summed E-state index contributed by atoms with van der Waals surface area (Å²) >= 11 is 3.26. The average molecular weight is 297 g/mol. The minimum absolute atomic E-state index is 0.375. The van der Waals surface area contributed by atoms with E-state index < -0.39 is 10.4 Å². The molecule has 96 valence electrons. The third kappa shape index (κ3) is 7.61. The van der Waals surface area contributed by atoms with E-state index in [2.05, 4.69) is 15.9 Å². The molecule has 0 fully saturated rings. The van der Waals surface area contributed by atoms with Gasteiger partial charge in [-0.05, 0) is 12.8 Å². The lowest BCUT2D eigenvalue weighted by atomic mass is 10.0. The zero-order chi connectivity index (χ0) is 13.2. The van der Waals surface area contributed by atoms with Gasteiger partial charge in [-0.1, -0.05) is 29.8 Å². The van der Waals surface area contributed by atoms with Crippen molar-refractivity contribution in [3.8, 4) is 0 Å². The van der Waals surface area contributed by atoms with Crippen LogP contribution in [0.3, 0.4) is 0 Å². The van der Waals surface area contributed by atoms with Gasteiger partial charge < -0.3 is 17.2 Å². The fraction of sp³-hybridized carbons (Fsp3) is 0.778. The van der Waals surface area contributed by atoms with E-state index in [0.717, 1.165) is 0 Å². The van der Waals surface area contributed by atoms with Crippen molar-refractivity contribution in [1.29, 1.82) is 0 Å². The molecule has 0 unspecified atom stereocenters. The van der Waals surface area contributed by atoms with E-state index >= 15 is 0 Å². The molecule has 0 aromatic heterocycles. The second kappa shape index (κ2) is 9.56. The minimum atomic E-state index is -0.814. The van der Waals surface area contributed by atoms with Crippen LogP contribution in [0.4, 0.5) is 4.79 Å². The molecule has 3 amide bonds. The fourth-order valence-electron chi connectivity index (χ4n) is 0.795. The third-order valence-electron chi connectivity index (χ3n) is 1.93. The Labute approximate surface area is 104 Å². The van der Waals surface area contributed by atoms with Crippen LogP contribution in [0.15, 0.2) is 0 Å². The lowest BCUT2D eigenvalue weighted by Gasteiger charge is -2.21. The highest BCUT2D eigenvalue weighted by Gasteiger charge is 2.32. The van der Waals surface area contributed by atoms with Crippen molar-refractivity contribution >= 4 is 27.9 Å². The monoisotopic (exact) mass is 296 g/mol. The van der Waals surface area contributed by atoms with E-state index in [4.69, 9.17) is 17.2 Å². The summed E-state index contributed by atoms with van der Waals surface area (Å²) in [5.74, 6) is -0.375. The van der Waals surface area contributed by atoms with Gasteiger partial charge in [0.25, 0.3) is 0 Å². The summed E-state index contributed by atoms with van der Waals surface area (Å²) in [4.78, 5) is 21.6. The summed E-state index contributed by atoms with van der Waals surface area (Å²) < 4.78 is -0.665. The van der Waals surface area contributed by atoms with Crippen LogP contribution in [-0.4, -0.2) is 29.4 Å². The average Bonchev–Trinajstić information content (AvgIpc) is 2.27. The van der Waals surface area contributed by atoms with Crippen LogP contribution in [0.5, 0.6) is 0 Å². The molecule has 0 aliphatic heterocycles. The van der Waals surface area contributed by atoms with E-state index in [1.165, 1.54) is 0 Å². The van der Waals surface area contributed by atoms with Crippen LogP contribution in [0.25, 0.3) is 0 Å². The highest BCUT2D eigenvalue weighted by molar-refractivity contribution is 9.10. The molecule has 0 aromatic rings. The molecule has 0 spiro atoms. The maximum absolute atomic E-state index is 11.3. The van der Waals surface area contributed by atoms with Gasteiger partial charge in [-0.15, -0.1) is 0 Å². The van der Waals surface area contributed by atoms with E-state index in [9.17, 15) is 9.59 Å². The number of amides is 3. The zero-order valence-corrected chi connectivity index (χ0v) is 11.3. The Kier molecular flexibility index (Phi) is 10.6. The summed E-state index contributed by atoms with van der Waals surface area (Å²) in [5.41, 5.74) is 14.6. The predicted molar refractivity (Wildman–Crippen MR) is 68.1 cm³/mol. The van der Waals surface area contributed by atoms with Crippen molar-refractivity contribution in [2.75, 3.05) is 13.1 Å². The minimum Gasteiger partial charge on any atom is -0.351 e. The Morgan fingerprint density at radius 3 is 1.75 bits per heavy atom. The molecule has 0 radical (unpaired) electrons. The molecule has 0 heterocycles. The Hall–Kier alpha value is -0.660. The number of alkyl halides is 1. The number of hydrogen-bond acceptors (Lipinski definition) is 4. The summed E-state index contributed by atoms with van der Waals surface area (Å²) in [6.07, 6.45) is 1.23.